The van der Waals surface area contributed by atoms with E-state index in [-0.39, 0.29) is 0 Å². The van der Waals surface area contributed by atoms with Crippen LogP contribution in [0.2, 0.25) is 0 Å². The number of nitrogens with zero attached hydrogens (tertiary/aromatic N) is 2. The second-order valence-electron chi connectivity index (χ2n) is 6.47. The number of nitrogen functional groups attached to an aromatic ring is 1. The molecule has 0 radical (unpaired) electrons. The number of nitrogens with two attached hydrogens (primary N) is 1. The van der Waals surface area contributed by atoms with E-state index in [0.717, 1.165) is 5.56 Å². The smallest absolute Gasteiger partial charge is 0.225 e. The maximum absolute atomic E-state index is 10.7. The summed E-state index contributed by atoms with van der Waals surface area (Å²) in [5.74, 6) is 1.88. The molecule has 142 valence electrons. The van der Waals surface area contributed by atoms with Gasteiger partial charge in [-0.25, -0.2) is 4.98 Å². The first-order valence-electron chi connectivity index (χ1n) is 8.65. The van der Waals surface area contributed by atoms with E-state index in [9.17, 15) is 5.11 Å². The Morgan fingerprint density at radius 1 is 1.07 bits per heavy atom. The fourth-order valence-electron chi connectivity index (χ4n) is 2.92. The summed E-state index contributed by atoms with van der Waals surface area (Å²) in [4.78, 5) is 8.80. The van der Waals surface area contributed by atoms with E-state index in [1.807, 2.05) is 30.3 Å². The van der Waals surface area contributed by atoms with Gasteiger partial charge in [0.25, 0.3) is 0 Å². The summed E-state index contributed by atoms with van der Waals surface area (Å²) in [5.41, 5.74) is 6.65. The first-order chi connectivity index (χ1) is 12.9. The molecule has 0 saturated heterocycles. The molecule has 0 aliphatic carbocycles. The van der Waals surface area contributed by atoms with Gasteiger partial charge in [-0.2, -0.15) is 4.98 Å². The van der Waals surface area contributed by atoms with E-state index >= 15 is 0 Å². The molecule has 0 fully saturated rings. The van der Waals surface area contributed by atoms with Crippen molar-refractivity contribution in [1.82, 2.24) is 9.97 Å². The van der Waals surface area contributed by atoms with E-state index in [1.54, 1.807) is 33.3 Å². The van der Waals surface area contributed by atoms with Crippen molar-refractivity contribution < 1.29 is 14.6 Å². The van der Waals surface area contributed by atoms with Crippen LogP contribution in [0.15, 0.2) is 42.5 Å². The molecule has 27 heavy (non-hydrogen) atoms. The standard InChI is InChI=1S/C20H24N4O3/c1-20(25,13-7-5-4-6-8-13)9-10-22-19-23-15-12-17(27-3)16(26-2)11-14(15)18(21)24-19/h4-8,11-12,25H,9-10H2,1-3H3,(H3,21,22,23,24). The Morgan fingerprint density at radius 3 is 2.41 bits per heavy atom. The lowest BCUT2D eigenvalue weighted by Crippen LogP contribution is -2.25. The third-order valence-electron chi connectivity index (χ3n) is 4.52. The third-order valence-corrected chi connectivity index (χ3v) is 4.52. The number of aliphatic hydroxyl groups is 1. The molecule has 1 atom stereocenters. The quantitative estimate of drug-likeness (QED) is 0.589. The molecule has 7 heteroatoms. The maximum atomic E-state index is 10.7. The summed E-state index contributed by atoms with van der Waals surface area (Å²) >= 11 is 0. The molecule has 0 aliphatic rings. The number of fused-ring (bicyclic) bond motifs is 1. The van der Waals surface area contributed by atoms with Crippen LogP contribution in [0.4, 0.5) is 11.8 Å². The molecule has 3 aromatic rings. The number of rotatable bonds is 7. The van der Waals surface area contributed by atoms with Crippen molar-refractivity contribution >= 4 is 22.7 Å². The maximum Gasteiger partial charge on any atom is 0.225 e. The van der Waals surface area contributed by atoms with Crippen molar-refractivity contribution in [2.45, 2.75) is 18.9 Å². The molecule has 0 spiro atoms. The van der Waals surface area contributed by atoms with Gasteiger partial charge in [-0.05, 0) is 25.0 Å². The molecule has 3 rings (SSSR count). The Hall–Kier alpha value is -3.06. The van der Waals surface area contributed by atoms with E-state index in [4.69, 9.17) is 15.2 Å². The number of anilines is 2. The molecule has 0 saturated carbocycles. The fourth-order valence-corrected chi connectivity index (χ4v) is 2.92. The summed E-state index contributed by atoms with van der Waals surface area (Å²) in [6, 6.07) is 13.1. The van der Waals surface area contributed by atoms with E-state index in [2.05, 4.69) is 15.3 Å². The molecule has 1 aromatic heterocycles. The van der Waals surface area contributed by atoms with Crippen molar-refractivity contribution in [1.29, 1.82) is 0 Å². The number of benzene rings is 2. The predicted molar refractivity (Wildman–Crippen MR) is 106 cm³/mol. The lowest BCUT2D eigenvalue weighted by Gasteiger charge is -2.24. The number of hydrogen-bond acceptors (Lipinski definition) is 7. The molecule has 4 N–H and O–H groups in total. The second-order valence-corrected chi connectivity index (χ2v) is 6.47. The molecule has 0 aliphatic heterocycles. The number of hydrogen-bond donors (Lipinski definition) is 3. The highest BCUT2D eigenvalue weighted by Gasteiger charge is 2.22. The fraction of sp³-hybridized carbons (Fsp3) is 0.300. The minimum Gasteiger partial charge on any atom is -0.493 e. The Balaban J connectivity index is 1.77. The van der Waals surface area contributed by atoms with Crippen molar-refractivity contribution in [3.8, 4) is 11.5 Å². The van der Waals surface area contributed by atoms with Gasteiger partial charge in [-0.15, -0.1) is 0 Å². The SMILES string of the molecule is COc1cc2nc(NCCC(C)(O)c3ccccc3)nc(N)c2cc1OC. The monoisotopic (exact) mass is 368 g/mol. The number of ether oxygens (including phenoxy) is 2. The Labute approximate surface area is 158 Å². The van der Waals surface area contributed by atoms with Gasteiger partial charge in [0.05, 0.1) is 25.3 Å². The molecular formula is C20H24N4O3. The average molecular weight is 368 g/mol. The van der Waals surface area contributed by atoms with E-state index < -0.39 is 5.60 Å². The van der Waals surface area contributed by atoms with Gasteiger partial charge in [0.2, 0.25) is 5.95 Å². The summed E-state index contributed by atoms with van der Waals surface area (Å²) < 4.78 is 10.6. The van der Waals surface area contributed by atoms with Crippen LogP contribution >= 0.6 is 0 Å². The van der Waals surface area contributed by atoms with E-state index in [1.165, 1.54) is 0 Å². The second kappa shape index (κ2) is 7.67. The molecule has 0 bridgehead atoms. The zero-order valence-corrected chi connectivity index (χ0v) is 15.7. The van der Waals surface area contributed by atoms with Crippen LogP contribution in [-0.2, 0) is 5.60 Å². The minimum atomic E-state index is -0.951. The molecule has 1 unspecified atom stereocenters. The minimum absolute atomic E-state index is 0.346. The van der Waals surface area contributed by atoms with Crippen LogP contribution < -0.4 is 20.5 Å². The van der Waals surface area contributed by atoms with Crippen LogP contribution in [0.25, 0.3) is 10.9 Å². The van der Waals surface area contributed by atoms with Crippen LogP contribution in [0, 0.1) is 0 Å². The highest BCUT2D eigenvalue weighted by Crippen LogP contribution is 2.33. The molecule has 7 nitrogen and oxygen atoms in total. The Kier molecular flexibility index (Phi) is 5.32. The van der Waals surface area contributed by atoms with Crippen molar-refractivity contribution in [2.24, 2.45) is 0 Å². The van der Waals surface area contributed by atoms with Crippen LogP contribution in [0.5, 0.6) is 11.5 Å². The summed E-state index contributed by atoms with van der Waals surface area (Å²) in [6.07, 6.45) is 0.490. The van der Waals surface area contributed by atoms with Gasteiger partial charge in [0.1, 0.15) is 5.82 Å². The zero-order chi connectivity index (χ0) is 19.4. The Morgan fingerprint density at radius 2 is 1.74 bits per heavy atom. The summed E-state index contributed by atoms with van der Waals surface area (Å²) in [7, 11) is 3.13. The lowest BCUT2D eigenvalue weighted by molar-refractivity contribution is 0.0515. The number of methoxy groups -OCH3 is 2. The van der Waals surface area contributed by atoms with Crippen LogP contribution in [-0.4, -0.2) is 35.8 Å². The van der Waals surface area contributed by atoms with Gasteiger partial charge >= 0.3 is 0 Å². The lowest BCUT2D eigenvalue weighted by atomic mass is 9.93. The summed E-state index contributed by atoms with van der Waals surface area (Å²) in [5, 5.41) is 14.5. The molecular weight excluding hydrogens is 344 g/mol. The van der Waals surface area contributed by atoms with Gasteiger partial charge in [0, 0.05) is 18.0 Å². The van der Waals surface area contributed by atoms with E-state index in [0.29, 0.717) is 47.1 Å². The molecule has 2 aromatic carbocycles. The summed E-state index contributed by atoms with van der Waals surface area (Å²) in [6.45, 7) is 2.27. The first kappa shape index (κ1) is 18.7. The van der Waals surface area contributed by atoms with Crippen molar-refractivity contribution in [3.05, 3.63) is 48.0 Å². The molecule has 1 heterocycles. The van der Waals surface area contributed by atoms with Gasteiger partial charge in [0.15, 0.2) is 11.5 Å². The van der Waals surface area contributed by atoms with Crippen molar-refractivity contribution in [2.75, 3.05) is 31.8 Å². The van der Waals surface area contributed by atoms with Gasteiger partial charge in [-0.3, -0.25) is 0 Å². The number of nitrogens with one attached hydrogen (secondary N) is 1. The third kappa shape index (κ3) is 4.03. The molecule has 0 amide bonds. The average Bonchev–Trinajstić information content (AvgIpc) is 2.67. The predicted octanol–water partition coefficient (Wildman–Crippen LogP) is 2.94. The first-order valence-corrected chi connectivity index (χ1v) is 8.65. The Bertz CT molecular complexity index is 929. The normalized spacial score (nSPS) is 13.2. The van der Waals surface area contributed by atoms with Crippen LogP contribution in [0.1, 0.15) is 18.9 Å². The largest absolute Gasteiger partial charge is 0.493 e. The number of aromatic nitrogens is 2. The van der Waals surface area contributed by atoms with Crippen molar-refractivity contribution in [3.63, 3.8) is 0 Å². The topological polar surface area (TPSA) is 103 Å². The van der Waals surface area contributed by atoms with Gasteiger partial charge in [-0.1, -0.05) is 30.3 Å². The zero-order valence-electron chi connectivity index (χ0n) is 15.7. The van der Waals surface area contributed by atoms with Crippen LogP contribution in [0.3, 0.4) is 0 Å². The van der Waals surface area contributed by atoms with Gasteiger partial charge < -0.3 is 25.6 Å². The highest BCUT2D eigenvalue weighted by atomic mass is 16.5. The highest BCUT2D eigenvalue weighted by molar-refractivity contribution is 5.91.